The maximum atomic E-state index is 11.9. The molecule has 2 rings (SSSR count). The first-order chi connectivity index (χ1) is 12.3. The van der Waals surface area contributed by atoms with Gasteiger partial charge < -0.3 is 10.1 Å². The molecule has 0 aliphatic rings. The highest BCUT2D eigenvalue weighted by molar-refractivity contribution is 6.31. The summed E-state index contributed by atoms with van der Waals surface area (Å²) in [5.74, 6) is 0.0281. The molecular formula is C19H20ClN3O3. The molecule has 2 N–H and O–H groups in total. The Bertz CT molecular complexity index is 850. The minimum absolute atomic E-state index is 0.153. The van der Waals surface area contributed by atoms with E-state index in [0.717, 1.165) is 11.1 Å². The van der Waals surface area contributed by atoms with E-state index in [1.54, 1.807) is 43.3 Å². The smallest absolute Gasteiger partial charge is 0.277 e. The number of carbonyl (C=O) groups excluding carboxylic acids is 2. The summed E-state index contributed by atoms with van der Waals surface area (Å²) in [6, 6.07) is 12.4. The van der Waals surface area contributed by atoms with E-state index >= 15 is 0 Å². The van der Waals surface area contributed by atoms with Crippen molar-refractivity contribution in [1.29, 1.82) is 0 Å². The lowest BCUT2D eigenvalue weighted by Crippen LogP contribution is -2.25. The van der Waals surface area contributed by atoms with Gasteiger partial charge in [0, 0.05) is 17.6 Å². The lowest BCUT2D eigenvalue weighted by molar-refractivity contribution is -0.123. The number of nitrogens with one attached hydrogen (secondary N) is 2. The van der Waals surface area contributed by atoms with Crippen molar-refractivity contribution in [1.82, 2.24) is 5.43 Å². The molecule has 7 heteroatoms. The molecule has 0 aliphatic heterocycles. The first-order valence-corrected chi connectivity index (χ1v) is 8.33. The lowest BCUT2D eigenvalue weighted by atomic mass is 10.1. The van der Waals surface area contributed by atoms with Crippen molar-refractivity contribution >= 4 is 34.8 Å². The maximum absolute atomic E-state index is 11.9. The predicted octanol–water partition coefficient (Wildman–Crippen LogP) is 3.53. The van der Waals surface area contributed by atoms with Crippen LogP contribution in [0, 0.1) is 6.92 Å². The molecule has 0 bridgehead atoms. The molecule has 0 heterocycles. The summed E-state index contributed by atoms with van der Waals surface area (Å²) < 4.78 is 5.42. The van der Waals surface area contributed by atoms with Crippen LogP contribution in [-0.4, -0.2) is 24.1 Å². The van der Waals surface area contributed by atoms with Crippen LogP contribution in [0.3, 0.4) is 0 Å². The quantitative estimate of drug-likeness (QED) is 0.600. The number of carbonyl (C=O) groups is 2. The number of halogens is 1. The summed E-state index contributed by atoms with van der Waals surface area (Å²) in [6.07, 6.45) is 0. The van der Waals surface area contributed by atoms with Crippen LogP contribution in [0.15, 0.2) is 47.6 Å². The number of hydrazone groups is 1. The number of amides is 2. The Hall–Kier alpha value is -2.86. The average Bonchev–Trinajstić information content (AvgIpc) is 2.60. The van der Waals surface area contributed by atoms with Gasteiger partial charge in [0.1, 0.15) is 5.75 Å². The van der Waals surface area contributed by atoms with Crippen LogP contribution in [0.2, 0.25) is 5.02 Å². The minimum Gasteiger partial charge on any atom is -0.484 e. The zero-order valence-corrected chi connectivity index (χ0v) is 15.6. The van der Waals surface area contributed by atoms with Crippen molar-refractivity contribution in [2.75, 3.05) is 11.9 Å². The van der Waals surface area contributed by atoms with Crippen LogP contribution in [-0.2, 0) is 9.59 Å². The summed E-state index contributed by atoms with van der Waals surface area (Å²) in [6.45, 7) is 4.90. The molecule has 0 fully saturated rings. The predicted molar refractivity (Wildman–Crippen MR) is 103 cm³/mol. The molecule has 0 aromatic heterocycles. The summed E-state index contributed by atoms with van der Waals surface area (Å²) in [7, 11) is 0. The van der Waals surface area contributed by atoms with Crippen molar-refractivity contribution in [3.63, 3.8) is 0 Å². The molecule has 0 unspecified atom stereocenters. The molecule has 136 valence electrons. The SMILES string of the molecule is CC(=O)Nc1cccc(/C(C)=N/NC(=O)COc2ccc(Cl)c(C)c2)c1. The number of nitrogens with zero attached hydrogens (tertiary/aromatic N) is 1. The van der Waals surface area contributed by atoms with Gasteiger partial charge in [0.05, 0.1) is 5.71 Å². The van der Waals surface area contributed by atoms with Gasteiger partial charge in [-0.1, -0.05) is 23.7 Å². The van der Waals surface area contributed by atoms with Crippen LogP contribution in [0.1, 0.15) is 25.0 Å². The third kappa shape index (κ3) is 5.89. The largest absolute Gasteiger partial charge is 0.484 e. The fourth-order valence-electron chi connectivity index (χ4n) is 2.12. The molecule has 2 aromatic rings. The summed E-state index contributed by atoms with van der Waals surface area (Å²) >= 11 is 5.95. The van der Waals surface area contributed by atoms with E-state index < -0.39 is 0 Å². The van der Waals surface area contributed by atoms with Crippen LogP contribution in [0.5, 0.6) is 5.75 Å². The van der Waals surface area contributed by atoms with Crippen molar-refractivity contribution in [2.24, 2.45) is 5.10 Å². The van der Waals surface area contributed by atoms with Crippen LogP contribution < -0.4 is 15.5 Å². The Labute approximate surface area is 157 Å². The van der Waals surface area contributed by atoms with E-state index in [4.69, 9.17) is 16.3 Å². The molecule has 0 radical (unpaired) electrons. The standard InChI is InChI=1S/C19H20ClN3O3/c1-12-9-17(7-8-18(12)20)26-11-19(25)23-22-13(2)15-5-4-6-16(10-15)21-14(3)24/h4-10H,11H2,1-3H3,(H,21,24)(H,23,25)/b22-13+. The fourth-order valence-corrected chi connectivity index (χ4v) is 2.24. The maximum Gasteiger partial charge on any atom is 0.277 e. The average molecular weight is 374 g/mol. The number of anilines is 1. The van der Waals surface area contributed by atoms with Gasteiger partial charge >= 0.3 is 0 Å². The van der Waals surface area contributed by atoms with Gasteiger partial charge in [0.25, 0.3) is 5.91 Å². The minimum atomic E-state index is -0.380. The number of hydrogen-bond donors (Lipinski definition) is 2. The van der Waals surface area contributed by atoms with E-state index in [1.165, 1.54) is 6.92 Å². The molecule has 0 saturated carbocycles. The Kier molecular flexibility index (Phi) is 6.74. The molecular weight excluding hydrogens is 354 g/mol. The molecule has 2 amide bonds. The number of hydrogen-bond acceptors (Lipinski definition) is 4. The molecule has 0 saturated heterocycles. The molecule has 0 atom stereocenters. The van der Waals surface area contributed by atoms with Crippen LogP contribution in [0.4, 0.5) is 5.69 Å². The van der Waals surface area contributed by atoms with Gasteiger partial charge in [-0.2, -0.15) is 5.10 Å². The number of benzene rings is 2. The molecule has 0 aliphatic carbocycles. The topological polar surface area (TPSA) is 79.8 Å². The van der Waals surface area contributed by atoms with Gasteiger partial charge in [-0.15, -0.1) is 0 Å². The second-order valence-corrected chi connectivity index (χ2v) is 6.10. The van der Waals surface area contributed by atoms with E-state index in [9.17, 15) is 9.59 Å². The van der Waals surface area contributed by atoms with Crippen molar-refractivity contribution < 1.29 is 14.3 Å². The summed E-state index contributed by atoms with van der Waals surface area (Å²) in [4.78, 5) is 23.0. The fraction of sp³-hybridized carbons (Fsp3) is 0.211. The third-order valence-electron chi connectivity index (χ3n) is 3.45. The summed E-state index contributed by atoms with van der Waals surface area (Å²) in [5.41, 5.74) is 5.37. The Balaban J connectivity index is 1.92. The number of rotatable bonds is 6. The van der Waals surface area contributed by atoms with Gasteiger partial charge in [0.2, 0.25) is 5.91 Å². The first kappa shape index (κ1) is 19.5. The van der Waals surface area contributed by atoms with E-state index in [2.05, 4.69) is 15.8 Å². The van der Waals surface area contributed by atoms with Gasteiger partial charge in [-0.3, -0.25) is 9.59 Å². The van der Waals surface area contributed by atoms with Crippen molar-refractivity contribution in [3.05, 3.63) is 58.6 Å². The third-order valence-corrected chi connectivity index (χ3v) is 3.87. The highest BCUT2D eigenvalue weighted by atomic mass is 35.5. The second kappa shape index (κ2) is 9.01. The zero-order valence-electron chi connectivity index (χ0n) is 14.8. The van der Waals surface area contributed by atoms with Gasteiger partial charge in [-0.05, 0) is 55.3 Å². The van der Waals surface area contributed by atoms with E-state index in [-0.39, 0.29) is 18.4 Å². The molecule has 26 heavy (non-hydrogen) atoms. The van der Waals surface area contributed by atoms with Gasteiger partial charge in [0.15, 0.2) is 6.61 Å². The number of aryl methyl sites for hydroxylation is 1. The van der Waals surface area contributed by atoms with Gasteiger partial charge in [-0.25, -0.2) is 5.43 Å². The number of ether oxygens (including phenoxy) is 1. The van der Waals surface area contributed by atoms with E-state index in [1.807, 2.05) is 13.0 Å². The first-order valence-electron chi connectivity index (χ1n) is 7.95. The highest BCUT2D eigenvalue weighted by Crippen LogP contribution is 2.20. The lowest BCUT2D eigenvalue weighted by Gasteiger charge is -2.08. The monoisotopic (exact) mass is 373 g/mol. The summed E-state index contributed by atoms with van der Waals surface area (Å²) in [5, 5.41) is 7.41. The van der Waals surface area contributed by atoms with E-state index in [0.29, 0.717) is 22.2 Å². The van der Waals surface area contributed by atoms with Crippen LogP contribution >= 0.6 is 11.6 Å². The highest BCUT2D eigenvalue weighted by Gasteiger charge is 2.05. The normalized spacial score (nSPS) is 11.0. The Morgan fingerprint density at radius 1 is 1.15 bits per heavy atom. The zero-order chi connectivity index (χ0) is 19.1. The Morgan fingerprint density at radius 3 is 2.62 bits per heavy atom. The van der Waals surface area contributed by atoms with Crippen LogP contribution in [0.25, 0.3) is 0 Å². The second-order valence-electron chi connectivity index (χ2n) is 5.69. The molecule has 6 nitrogen and oxygen atoms in total. The molecule has 2 aromatic carbocycles. The van der Waals surface area contributed by atoms with Crippen molar-refractivity contribution in [2.45, 2.75) is 20.8 Å². The molecule has 0 spiro atoms. The Morgan fingerprint density at radius 2 is 1.92 bits per heavy atom. The van der Waals surface area contributed by atoms with Crippen molar-refractivity contribution in [3.8, 4) is 5.75 Å².